The summed E-state index contributed by atoms with van der Waals surface area (Å²) < 4.78 is 80.5. The van der Waals surface area contributed by atoms with Gasteiger partial charge < -0.3 is 4.74 Å². The fourth-order valence-electron chi connectivity index (χ4n) is 1.39. The first-order valence-electron chi connectivity index (χ1n) is 5.08. The Morgan fingerprint density at radius 1 is 0.850 bits per heavy atom. The summed E-state index contributed by atoms with van der Waals surface area (Å²) in [5, 5.41) is 4.02. The molecule has 0 N–H and O–H groups in total. The van der Waals surface area contributed by atoms with Gasteiger partial charge in [-0.2, -0.15) is 26.3 Å². The van der Waals surface area contributed by atoms with E-state index in [1.54, 1.807) is 0 Å². The van der Waals surface area contributed by atoms with Crippen molar-refractivity contribution >= 4 is 11.3 Å². The van der Waals surface area contributed by atoms with Crippen molar-refractivity contribution in [3.63, 3.8) is 0 Å². The summed E-state index contributed by atoms with van der Waals surface area (Å²) in [5.41, 5.74) is -2.83. The average molecular weight is 311 g/mol. The molecule has 1 radical (unpaired) electrons. The quantitative estimate of drug-likeness (QED) is 0.677. The lowest BCUT2D eigenvalue weighted by atomic mass is 10.1. The van der Waals surface area contributed by atoms with E-state index in [9.17, 15) is 26.3 Å². The van der Waals surface area contributed by atoms with Crippen molar-refractivity contribution in [2.24, 2.45) is 0 Å². The molecular weight excluding hydrogens is 306 g/mol. The predicted molar refractivity (Wildman–Crippen MR) is 59.7 cm³/mol. The van der Waals surface area contributed by atoms with E-state index in [1.807, 2.05) is 0 Å². The zero-order valence-corrected chi connectivity index (χ0v) is 10.3. The molecule has 0 bridgehead atoms. The molecule has 0 unspecified atom stereocenters. The van der Waals surface area contributed by atoms with Gasteiger partial charge >= 0.3 is 12.4 Å². The first kappa shape index (κ1) is 14.7. The molecule has 1 aromatic heterocycles. The van der Waals surface area contributed by atoms with Gasteiger partial charge in [-0.05, 0) is 18.2 Å². The Kier molecular flexibility index (Phi) is 3.68. The molecule has 0 aliphatic heterocycles. The normalized spacial score (nSPS) is 12.5. The van der Waals surface area contributed by atoms with Crippen LogP contribution in [0.15, 0.2) is 29.6 Å². The molecule has 107 valence electrons. The highest BCUT2D eigenvalue weighted by Gasteiger charge is 2.37. The predicted octanol–water partition coefficient (Wildman–Crippen LogP) is 5.38. The minimum Gasteiger partial charge on any atom is -0.456 e. The number of thiophene rings is 1. The molecule has 2 aromatic rings. The molecule has 8 heteroatoms. The van der Waals surface area contributed by atoms with Gasteiger partial charge in [0.1, 0.15) is 11.5 Å². The van der Waals surface area contributed by atoms with E-state index in [0.29, 0.717) is 12.1 Å². The van der Waals surface area contributed by atoms with Crippen molar-refractivity contribution in [2.75, 3.05) is 0 Å². The van der Waals surface area contributed by atoms with E-state index >= 15 is 0 Å². The number of benzene rings is 1. The van der Waals surface area contributed by atoms with E-state index in [4.69, 9.17) is 4.74 Å². The zero-order chi connectivity index (χ0) is 15.0. The monoisotopic (exact) mass is 311 g/mol. The van der Waals surface area contributed by atoms with Gasteiger partial charge in [0.05, 0.1) is 11.1 Å². The topological polar surface area (TPSA) is 9.23 Å². The number of ether oxygens (including phenoxy) is 1. The standard InChI is InChI=1S/C12H5F6OS/c13-11(14,15)7-3-8(12(16,17)18)5-10(4-7)19-9-1-2-20-6-9/h1,3-6H. The Balaban J connectivity index is 2.46. The number of rotatable bonds is 2. The molecule has 0 amide bonds. The summed E-state index contributed by atoms with van der Waals surface area (Å²) in [6.45, 7) is 0. The zero-order valence-electron chi connectivity index (χ0n) is 9.47. The van der Waals surface area contributed by atoms with Crippen molar-refractivity contribution in [3.05, 3.63) is 46.2 Å². The van der Waals surface area contributed by atoms with Crippen LogP contribution < -0.4 is 4.74 Å². The van der Waals surface area contributed by atoms with E-state index in [-0.39, 0.29) is 11.8 Å². The Hall–Kier alpha value is -1.70. The molecular formula is C12H5F6OS. The van der Waals surface area contributed by atoms with Gasteiger partial charge in [0.2, 0.25) is 0 Å². The van der Waals surface area contributed by atoms with Gasteiger partial charge in [0, 0.05) is 16.8 Å². The Morgan fingerprint density at radius 2 is 1.40 bits per heavy atom. The second-order valence-electron chi connectivity index (χ2n) is 3.74. The van der Waals surface area contributed by atoms with Crippen LogP contribution in [-0.2, 0) is 12.4 Å². The summed E-state index contributed by atoms with van der Waals surface area (Å²) in [7, 11) is 0. The molecule has 0 aliphatic rings. The fourth-order valence-corrected chi connectivity index (χ4v) is 1.88. The summed E-state index contributed by atoms with van der Waals surface area (Å²) in [6, 6.07) is 2.41. The van der Waals surface area contributed by atoms with Crippen molar-refractivity contribution < 1.29 is 31.1 Å². The van der Waals surface area contributed by atoms with Crippen LogP contribution in [0.25, 0.3) is 0 Å². The van der Waals surface area contributed by atoms with E-state index < -0.39 is 29.2 Å². The van der Waals surface area contributed by atoms with E-state index in [2.05, 4.69) is 5.38 Å². The second kappa shape index (κ2) is 5.01. The first-order valence-corrected chi connectivity index (χ1v) is 5.96. The van der Waals surface area contributed by atoms with Crippen LogP contribution in [0.3, 0.4) is 0 Å². The molecule has 1 heterocycles. The third kappa shape index (κ3) is 3.44. The van der Waals surface area contributed by atoms with Gasteiger partial charge in [-0.15, -0.1) is 11.3 Å². The second-order valence-corrected chi connectivity index (χ2v) is 4.45. The third-order valence-corrected chi connectivity index (χ3v) is 2.85. The third-order valence-electron chi connectivity index (χ3n) is 2.24. The molecule has 1 nitrogen and oxygen atoms in total. The minimum absolute atomic E-state index is 0.0482. The van der Waals surface area contributed by atoms with Gasteiger partial charge in [-0.3, -0.25) is 0 Å². The van der Waals surface area contributed by atoms with Gasteiger partial charge in [0.25, 0.3) is 0 Å². The average Bonchev–Trinajstić information content (AvgIpc) is 2.79. The smallest absolute Gasteiger partial charge is 0.416 e. The van der Waals surface area contributed by atoms with Gasteiger partial charge in [-0.1, -0.05) is 0 Å². The minimum atomic E-state index is -4.89. The maximum atomic E-state index is 12.6. The summed E-state index contributed by atoms with van der Waals surface area (Å²) in [5.74, 6) is -0.401. The Bertz CT molecular complexity index is 553. The van der Waals surface area contributed by atoms with Crippen LogP contribution in [0.5, 0.6) is 11.5 Å². The van der Waals surface area contributed by atoms with Crippen LogP contribution in [0, 0.1) is 5.38 Å². The Morgan fingerprint density at radius 3 is 1.80 bits per heavy atom. The van der Waals surface area contributed by atoms with Crippen LogP contribution in [0.1, 0.15) is 11.1 Å². The lowest BCUT2D eigenvalue weighted by molar-refractivity contribution is -0.143. The van der Waals surface area contributed by atoms with Gasteiger partial charge in [-0.25, -0.2) is 0 Å². The van der Waals surface area contributed by atoms with Crippen molar-refractivity contribution in [1.82, 2.24) is 0 Å². The number of halogens is 6. The summed E-state index contributed by atoms with van der Waals surface area (Å²) in [4.78, 5) is 0. The van der Waals surface area contributed by atoms with Crippen molar-refractivity contribution in [2.45, 2.75) is 12.4 Å². The van der Waals surface area contributed by atoms with Crippen LogP contribution in [0.2, 0.25) is 0 Å². The highest BCUT2D eigenvalue weighted by Crippen LogP contribution is 2.39. The fraction of sp³-hybridized carbons (Fsp3) is 0.167. The molecule has 0 aliphatic carbocycles. The van der Waals surface area contributed by atoms with Gasteiger partial charge in [0.15, 0.2) is 0 Å². The molecule has 0 spiro atoms. The molecule has 0 saturated carbocycles. The number of hydrogen-bond donors (Lipinski definition) is 0. The van der Waals surface area contributed by atoms with Crippen LogP contribution in [0.4, 0.5) is 26.3 Å². The first-order chi connectivity index (χ1) is 9.16. The van der Waals surface area contributed by atoms with Crippen molar-refractivity contribution in [1.29, 1.82) is 0 Å². The molecule has 1 aromatic carbocycles. The molecule has 20 heavy (non-hydrogen) atoms. The molecule has 0 atom stereocenters. The van der Waals surface area contributed by atoms with Crippen LogP contribution in [-0.4, -0.2) is 0 Å². The largest absolute Gasteiger partial charge is 0.456 e. The van der Waals surface area contributed by atoms with E-state index in [0.717, 1.165) is 11.3 Å². The molecule has 2 rings (SSSR count). The lowest BCUT2D eigenvalue weighted by Gasteiger charge is -2.14. The highest BCUT2D eigenvalue weighted by molar-refractivity contribution is 7.07. The lowest BCUT2D eigenvalue weighted by Crippen LogP contribution is -2.10. The summed E-state index contributed by atoms with van der Waals surface area (Å²) in [6.07, 6.45) is -9.78. The SMILES string of the molecule is FC(F)(F)c1cc(Oc2c[c]sc2)cc(C(F)(F)F)c1. The number of hydrogen-bond acceptors (Lipinski definition) is 2. The maximum Gasteiger partial charge on any atom is 0.416 e. The molecule has 0 saturated heterocycles. The van der Waals surface area contributed by atoms with E-state index in [1.165, 1.54) is 11.4 Å². The number of alkyl halides is 6. The maximum absolute atomic E-state index is 12.6. The van der Waals surface area contributed by atoms with Crippen LogP contribution >= 0.6 is 11.3 Å². The molecule has 0 fully saturated rings. The summed E-state index contributed by atoms with van der Waals surface area (Å²) >= 11 is 1.08. The highest BCUT2D eigenvalue weighted by atomic mass is 32.1. The van der Waals surface area contributed by atoms with Crippen molar-refractivity contribution in [3.8, 4) is 11.5 Å². The Labute approximate surface area is 113 Å².